The Balaban J connectivity index is 1.59. The minimum Gasteiger partial charge on any atom is -0.364 e. The van der Waals surface area contributed by atoms with Crippen LogP contribution in [0.3, 0.4) is 0 Å². The van der Waals surface area contributed by atoms with Gasteiger partial charge in [-0.05, 0) is 105 Å². The third-order valence-electron chi connectivity index (χ3n) is 11.4. The topological polar surface area (TPSA) is 6.48 Å². The summed E-state index contributed by atoms with van der Waals surface area (Å²) in [6, 6.07) is 25.8. The monoisotopic (exact) mass is 624 g/mol. The predicted octanol–water partition coefficient (Wildman–Crippen LogP) is 13.4. The molecule has 0 amide bonds. The Morgan fingerprint density at radius 2 is 1.13 bits per heavy atom. The standard InChI is InChI=1S/C42H57ClN2/c1-8-42(6,7)32(5)44(31(4)30(2)3)39-20-15-21-40(41(39)43)45(37-26-22-35(23-27-37)33-16-11-9-12-17-33)38-28-24-36(25-29-38)34-18-13-10-14-19-34/h8,15,20-34H,1,9-14,16-19H2,2-7H3/t31?,32-/m0/s1. The highest BCUT2D eigenvalue weighted by atomic mass is 35.5. The fourth-order valence-electron chi connectivity index (χ4n) is 7.60. The molecule has 3 aromatic carbocycles. The second kappa shape index (κ2) is 14.8. The van der Waals surface area contributed by atoms with Crippen molar-refractivity contribution in [2.24, 2.45) is 11.3 Å². The van der Waals surface area contributed by atoms with Crippen molar-refractivity contribution in [3.05, 3.63) is 95.5 Å². The lowest BCUT2D eigenvalue weighted by Gasteiger charge is -2.45. The van der Waals surface area contributed by atoms with E-state index in [-0.39, 0.29) is 11.5 Å². The smallest absolute Gasteiger partial charge is 0.0880 e. The van der Waals surface area contributed by atoms with E-state index in [9.17, 15) is 0 Å². The van der Waals surface area contributed by atoms with Gasteiger partial charge < -0.3 is 9.80 Å². The number of hydrogen-bond donors (Lipinski definition) is 0. The van der Waals surface area contributed by atoms with Gasteiger partial charge in [-0.3, -0.25) is 0 Å². The zero-order valence-corrected chi connectivity index (χ0v) is 29.6. The van der Waals surface area contributed by atoms with Crippen molar-refractivity contribution >= 4 is 34.4 Å². The molecule has 0 spiro atoms. The molecule has 2 aliphatic rings. The van der Waals surface area contributed by atoms with Crippen LogP contribution in [0.2, 0.25) is 5.02 Å². The molecule has 0 N–H and O–H groups in total. The first-order valence-corrected chi connectivity index (χ1v) is 18.2. The van der Waals surface area contributed by atoms with Crippen molar-refractivity contribution in [2.75, 3.05) is 9.80 Å². The number of nitrogens with zero attached hydrogens (tertiary/aromatic N) is 2. The number of anilines is 4. The first kappa shape index (κ1) is 33.6. The molecule has 0 radical (unpaired) electrons. The highest BCUT2D eigenvalue weighted by Crippen LogP contribution is 2.46. The van der Waals surface area contributed by atoms with Gasteiger partial charge in [-0.2, -0.15) is 0 Å². The number of benzene rings is 3. The molecule has 0 aliphatic heterocycles. The van der Waals surface area contributed by atoms with Gasteiger partial charge in [0.05, 0.1) is 16.4 Å². The molecule has 2 aliphatic carbocycles. The first-order chi connectivity index (χ1) is 21.6. The molecule has 0 aromatic heterocycles. The molecule has 242 valence electrons. The summed E-state index contributed by atoms with van der Waals surface area (Å²) in [5.74, 6) is 1.83. The predicted molar refractivity (Wildman–Crippen MR) is 198 cm³/mol. The molecule has 3 aromatic rings. The zero-order valence-electron chi connectivity index (χ0n) is 28.9. The van der Waals surface area contributed by atoms with E-state index in [4.69, 9.17) is 11.6 Å². The maximum Gasteiger partial charge on any atom is 0.0880 e. The Morgan fingerprint density at radius 3 is 1.56 bits per heavy atom. The van der Waals surface area contributed by atoms with Crippen molar-refractivity contribution in [1.82, 2.24) is 0 Å². The summed E-state index contributed by atoms with van der Waals surface area (Å²) in [4.78, 5) is 4.91. The van der Waals surface area contributed by atoms with Crippen LogP contribution in [0.5, 0.6) is 0 Å². The second-order valence-electron chi connectivity index (χ2n) is 14.9. The average molecular weight is 625 g/mol. The molecule has 5 rings (SSSR count). The van der Waals surface area contributed by atoms with Crippen LogP contribution in [0, 0.1) is 11.3 Å². The van der Waals surface area contributed by atoms with Crippen LogP contribution in [0.1, 0.15) is 129 Å². The van der Waals surface area contributed by atoms with E-state index in [0.717, 1.165) is 27.8 Å². The summed E-state index contributed by atoms with van der Waals surface area (Å²) >= 11 is 7.58. The van der Waals surface area contributed by atoms with Crippen molar-refractivity contribution in [1.29, 1.82) is 0 Å². The van der Waals surface area contributed by atoms with Crippen molar-refractivity contribution in [2.45, 2.75) is 130 Å². The Kier molecular flexibility index (Phi) is 11.1. The summed E-state index contributed by atoms with van der Waals surface area (Å²) in [6.07, 6.45) is 15.5. The van der Waals surface area contributed by atoms with E-state index in [1.165, 1.54) is 75.3 Å². The maximum absolute atomic E-state index is 7.58. The summed E-state index contributed by atoms with van der Waals surface area (Å²) in [5.41, 5.74) is 7.28. The van der Waals surface area contributed by atoms with Crippen LogP contribution < -0.4 is 9.80 Å². The molecule has 2 atom stereocenters. The highest BCUT2D eigenvalue weighted by Gasteiger charge is 2.34. The Morgan fingerprint density at radius 1 is 0.689 bits per heavy atom. The lowest BCUT2D eigenvalue weighted by atomic mass is 9.83. The van der Waals surface area contributed by atoms with E-state index in [1.807, 2.05) is 0 Å². The quantitative estimate of drug-likeness (QED) is 0.196. The van der Waals surface area contributed by atoms with Gasteiger partial charge in [0.2, 0.25) is 0 Å². The minimum absolute atomic E-state index is 0.0912. The molecule has 2 nitrogen and oxygen atoms in total. The summed E-state index contributed by atoms with van der Waals surface area (Å²) in [5, 5.41) is 0.796. The Labute approximate surface area is 279 Å². The summed E-state index contributed by atoms with van der Waals surface area (Å²) < 4.78 is 0. The molecular formula is C42H57ClN2. The molecule has 2 fully saturated rings. The first-order valence-electron chi connectivity index (χ1n) is 17.8. The molecule has 0 bridgehead atoms. The van der Waals surface area contributed by atoms with E-state index in [0.29, 0.717) is 23.8 Å². The molecule has 1 unspecified atom stereocenters. The molecule has 45 heavy (non-hydrogen) atoms. The zero-order chi connectivity index (χ0) is 32.1. The Hall–Kier alpha value is -2.71. The van der Waals surface area contributed by atoms with Crippen LogP contribution in [-0.2, 0) is 0 Å². The third kappa shape index (κ3) is 7.48. The molecule has 2 saturated carbocycles. The molecule has 0 heterocycles. The lowest BCUT2D eigenvalue weighted by molar-refractivity contribution is 0.327. The van der Waals surface area contributed by atoms with Crippen LogP contribution in [0.25, 0.3) is 0 Å². The van der Waals surface area contributed by atoms with E-state index < -0.39 is 0 Å². The van der Waals surface area contributed by atoms with Gasteiger partial charge in [-0.25, -0.2) is 0 Å². The number of halogens is 1. The van der Waals surface area contributed by atoms with Gasteiger partial charge in [-0.15, -0.1) is 6.58 Å². The molecule has 0 saturated heterocycles. The van der Waals surface area contributed by atoms with Crippen LogP contribution in [0.4, 0.5) is 22.7 Å². The third-order valence-corrected chi connectivity index (χ3v) is 11.7. The van der Waals surface area contributed by atoms with Crippen LogP contribution in [-0.4, -0.2) is 12.1 Å². The van der Waals surface area contributed by atoms with Crippen molar-refractivity contribution in [3.63, 3.8) is 0 Å². The Bertz CT molecular complexity index is 1320. The average Bonchev–Trinajstić information content (AvgIpc) is 3.07. The van der Waals surface area contributed by atoms with Gasteiger partial charge in [0.15, 0.2) is 0 Å². The number of hydrogen-bond acceptors (Lipinski definition) is 2. The fraction of sp³-hybridized carbons (Fsp3) is 0.524. The van der Waals surface area contributed by atoms with Gasteiger partial charge >= 0.3 is 0 Å². The van der Waals surface area contributed by atoms with E-state index in [2.05, 4.69) is 131 Å². The maximum atomic E-state index is 7.58. The normalized spacial score (nSPS) is 18.0. The van der Waals surface area contributed by atoms with Crippen molar-refractivity contribution < 1.29 is 0 Å². The van der Waals surface area contributed by atoms with E-state index >= 15 is 0 Å². The fourth-order valence-corrected chi connectivity index (χ4v) is 7.91. The van der Waals surface area contributed by atoms with Gasteiger partial charge in [-0.1, -0.05) is 114 Å². The highest BCUT2D eigenvalue weighted by molar-refractivity contribution is 6.36. The molecular weight excluding hydrogens is 568 g/mol. The van der Waals surface area contributed by atoms with E-state index in [1.54, 1.807) is 0 Å². The second-order valence-corrected chi connectivity index (χ2v) is 15.3. The van der Waals surface area contributed by atoms with Gasteiger partial charge in [0.25, 0.3) is 0 Å². The number of rotatable bonds is 11. The van der Waals surface area contributed by atoms with Crippen molar-refractivity contribution in [3.8, 4) is 0 Å². The van der Waals surface area contributed by atoms with Crippen LogP contribution >= 0.6 is 11.6 Å². The largest absolute Gasteiger partial charge is 0.364 e. The van der Waals surface area contributed by atoms with Crippen LogP contribution in [0.15, 0.2) is 79.4 Å². The molecule has 3 heteroatoms. The summed E-state index contributed by atoms with van der Waals surface area (Å²) in [6.45, 7) is 18.0. The summed E-state index contributed by atoms with van der Waals surface area (Å²) in [7, 11) is 0. The SMILES string of the molecule is C=CC(C)(C)[C@H](C)N(c1cccc(N(c2ccc(C3CCCCC3)cc2)c2ccc(C3CCCCC3)cc2)c1Cl)C(C)C(C)C. The van der Waals surface area contributed by atoms with Gasteiger partial charge in [0, 0.05) is 28.9 Å². The lowest BCUT2D eigenvalue weighted by Crippen LogP contribution is -2.49. The minimum atomic E-state index is -0.0912. The van der Waals surface area contributed by atoms with Gasteiger partial charge in [0.1, 0.15) is 0 Å².